The highest BCUT2D eigenvalue weighted by Gasteiger charge is 2.22. The van der Waals surface area contributed by atoms with Crippen LogP contribution in [0.5, 0.6) is 0 Å². The number of Topliss-reactive ketones (excluding diaryl/α,β-unsaturated/α-hetero) is 1. The maximum atomic E-state index is 11.8. The Morgan fingerprint density at radius 3 is 1.94 bits per heavy atom. The van der Waals surface area contributed by atoms with Crippen molar-refractivity contribution < 1.29 is 9.90 Å². The van der Waals surface area contributed by atoms with Crippen LogP contribution in [0.3, 0.4) is 0 Å². The van der Waals surface area contributed by atoms with Gasteiger partial charge in [-0.3, -0.25) is 9.69 Å². The number of carbonyl (C=O) groups excluding carboxylic acids is 1. The minimum Gasteiger partial charge on any atom is -0.395 e. The van der Waals surface area contributed by atoms with E-state index >= 15 is 0 Å². The molecule has 0 aromatic carbocycles. The van der Waals surface area contributed by atoms with Gasteiger partial charge in [0.25, 0.3) is 0 Å². The van der Waals surface area contributed by atoms with Crippen molar-refractivity contribution in [2.75, 3.05) is 45.9 Å². The number of β-amino-alcohol motifs (C(OH)–C–C–N with tert-alkyl or cyclic N) is 1. The van der Waals surface area contributed by atoms with E-state index in [9.17, 15) is 4.79 Å². The molecular weight excluding hydrogens is 216 g/mol. The maximum Gasteiger partial charge on any atom is 0.139 e. The Kier molecular flexibility index (Phi) is 5.56. The molecule has 1 fully saturated rings. The van der Waals surface area contributed by atoms with Crippen molar-refractivity contribution in [2.45, 2.75) is 27.2 Å². The summed E-state index contributed by atoms with van der Waals surface area (Å²) in [6.07, 6.45) is 0.656. The first-order chi connectivity index (χ1) is 7.93. The van der Waals surface area contributed by atoms with Crippen molar-refractivity contribution in [3.8, 4) is 0 Å². The van der Waals surface area contributed by atoms with E-state index in [0.29, 0.717) is 12.2 Å². The van der Waals surface area contributed by atoms with Crippen LogP contribution < -0.4 is 0 Å². The van der Waals surface area contributed by atoms with Crippen molar-refractivity contribution in [3.05, 3.63) is 0 Å². The average molecular weight is 242 g/mol. The summed E-state index contributed by atoms with van der Waals surface area (Å²) in [7, 11) is 0. The van der Waals surface area contributed by atoms with Crippen LogP contribution in [0.25, 0.3) is 0 Å². The summed E-state index contributed by atoms with van der Waals surface area (Å²) in [5, 5.41) is 8.85. The number of aliphatic hydroxyl groups is 1. The first-order valence-corrected chi connectivity index (χ1v) is 6.52. The standard InChI is InChI=1S/C13H26N2O2/c1-13(2,3)12(17)4-5-14-6-8-15(9-7-14)10-11-16/h16H,4-11H2,1-3H3. The van der Waals surface area contributed by atoms with Crippen molar-refractivity contribution in [3.63, 3.8) is 0 Å². The fourth-order valence-electron chi connectivity index (χ4n) is 2.01. The van der Waals surface area contributed by atoms with E-state index in [1.807, 2.05) is 20.8 Å². The third-order valence-corrected chi connectivity index (χ3v) is 3.37. The molecule has 0 saturated carbocycles. The summed E-state index contributed by atoms with van der Waals surface area (Å²) < 4.78 is 0. The van der Waals surface area contributed by atoms with Crippen molar-refractivity contribution in [1.82, 2.24) is 9.80 Å². The second-order valence-electron chi connectivity index (χ2n) is 5.83. The molecule has 17 heavy (non-hydrogen) atoms. The highest BCUT2D eigenvalue weighted by Crippen LogP contribution is 2.17. The lowest BCUT2D eigenvalue weighted by molar-refractivity contribution is -0.126. The second kappa shape index (κ2) is 6.47. The molecule has 1 aliphatic rings. The predicted octanol–water partition coefficient (Wildman–Crippen LogP) is 0.602. The van der Waals surface area contributed by atoms with Gasteiger partial charge in [0.1, 0.15) is 5.78 Å². The molecule has 1 heterocycles. The van der Waals surface area contributed by atoms with Crippen molar-refractivity contribution in [1.29, 1.82) is 0 Å². The van der Waals surface area contributed by atoms with E-state index in [-0.39, 0.29) is 12.0 Å². The number of hydrogen-bond donors (Lipinski definition) is 1. The Labute approximate surface area is 105 Å². The number of nitrogens with zero attached hydrogens (tertiary/aromatic N) is 2. The van der Waals surface area contributed by atoms with Gasteiger partial charge in [0.2, 0.25) is 0 Å². The summed E-state index contributed by atoms with van der Waals surface area (Å²) in [5.74, 6) is 0.343. The summed E-state index contributed by atoms with van der Waals surface area (Å²) in [4.78, 5) is 16.4. The minimum absolute atomic E-state index is 0.210. The van der Waals surface area contributed by atoms with E-state index in [2.05, 4.69) is 9.80 Å². The third-order valence-electron chi connectivity index (χ3n) is 3.37. The Hall–Kier alpha value is -0.450. The van der Waals surface area contributed by atoms with Crippen LogP contribution in [0.1, 0.15) is 27.2 Å². The molecule has 1 rings (SSSR count). The molecule has 0 atom stereocenters. The molecule has 1 N–H and O–H groups in total. The van der Waals surface area contributed by atoms with E-state index in [1.165, 1.54) is 0 Å². The number of rotatable bonds is 5. The van der Waals surface area contributed by atoms with Crippen molar-refractivity contribution in [2.24, 2.45) is 5.41 Å². The van der Waals surface area contributed by atoms with Crippen LogP contribution in [0.4, 0.5) is 0 Å². The van der Waals surface area contributed by atoms with Gasteiger partial charge in [-0.25, -0.2) is 0 Å². The SMILES string of the molecule is CC(C)(C)C(=O)CCN1CCN(CCO)CC1. The lowest BCUT2D eigenvalue weighted by Crippen LogP contribution is -2.47. The molecule has 0 spiro atoms. The summed E-state index contributed by atoms with van der Waals surface area (Å²) >= 11 is 0. The van der Waals surface area contributed by atoms with Gasteiger partial charge in [0.05, 0.1) is 6.61 Å². The maximum absolute atomic E-state index is 11.8. The number of carbonyl (C=O) groups is 1. The zero-order valence-electron chi connectivity index (χ0n) is 11.4. The van der Waals surface area contributed by atoms with Gasteiger partial charge in [-0.1, -0.05) is 20.8 Å². The van der Waals surface area contributed by atoms with Crippen LogP contribution >= 0.6 is 0 Å². The molecule has 4 heteroatoms. The third kappa shape index (κ3) is 5.15. The van der Waals surface area contributed by atoms with Crippen LogP contribution in [0, 0.1) is 5.41 Å². The van der Waals surface area contributed by atoms with E-state index in [4.69, 9.17) is 5.11 Å². The van der Waals surface area contributed by atoms with Gasteiger partial charge in [0, 0.05) is 51.1 Å². The van der Waals surface area contributed by atoms with Gasteiger partial charge in [-0.2, -0.15) is 0 Å². The highest BCUT2D eigenvalue weighted by atomic mass is 16.3. The first-order valence-electron chi connectivity index (χ1n) is 6.52. The Balaban J connectivity index is 2.21. The minimum atomic E-state index is -0.210. The van der Waals surface area contributed by atoms with Gasteiger partial charge in [-0.05, 0) is 0 Å². The van der Waals surface area contributed by atoms with Gasteiger partial charge >= 0.3 is 0 Å². The molecule has 4 nitrogen and oxygen atoms in total. The molecule has 0 aromatic heterocycles. The molecule has 0 radical (unpaired) electrons. The smallest absolute Gasteiger partial charge is 0.139 e. The largest absolute Gasteiger partial charge is 0.395 e. The highest BCUT2D eigenvalue weighted by molar-refractivity contribution is 5.83. The zero-order valence-corrected chi connectivity index (χ0v) is 11.4. The molecule has 1 aliphatic heterocycles. The second-order valence-corrected chi connectivity index (χ2v) is 5.83. The fourth-order valence-corrected chi connectivity index (χ4v) is 2.01. The van der Waals surface area contributed by atoms with E-state index < -0.39 is 0 Å². The topological polar surface area (TPSA) is 43.8 Å². The number of hydrogen-bond acceptors (Lipinski definition) is 4. The van der Waals surface area contributed by atoms with E-state index in [0.717, 1.165) is 39.3 Å². The van der Waals surface area contributed by atoms with Gasteiger partial charge in [-0.15, -0.1) is 0 Å². The monoisotopic (exact) mass is 242 g/mol. The quantitative estimate of drug-likeness (QED) is 0.767. The summed E-state index contributed by atoms with van der Waals surface area (Å²) in [6.45, 7) is 11.9. The molecule has 0 bridgehead atoms. The number of piperazine rings is 1. The number of aliphatic hydroxyl groups excluding tert-OH is 1. The molecule has 0 aliphatic carbocycles. The van der Waals surface area contributed by atoms with Crippen LogP contribution in [0.15, 0.2) is 0 Å². The molecule has 0 amide bonds. The van der Waals surface area contributed by atoms with Gasteiger partial charge < -0.3 is 10.0 Å². The summed E-state index contributed by atoms with van der Waals surface area (Å²) in [5.41, 5.74) is -0.210. The molecule has 100 valence electrons. The van der Waals surface area contributed by atoms with Crippen LogP contribution in [-0.2, 0) is 4.79 Å². The first kappa shape index (κ1) is 14.6. The molecule has 0 unspecified atom stereocenters. The Morgan fingerprint density at radius 1 is 1.06 bits per heavy atom. The number of ketones is 1. The lowest BCUT2D eigenvalue weighted by atomic mass is 9.89. The average Bonchev–Trinajstić information content (AvgIpc) is 2.27. The normalized spacial score (nSPS) is 19.5. The Morgan fingerprint density at radius 2 is 1.53 bits per heavy atom. The summed E-state index contributed by atoms with van der Waals surface area (Å²) in [6, 6.07) is 0. The van der Waals surface area contributed by atoms with Crippen LogP contribution in [0.2, 0.25) is 0 Å². The molecule has 1 saturated heterocycles. The van der Waals surface area contributed by atoms with Gasteiger partial charge in [0.15, 0.2) is 0 Å². The fraction of sp³-hybridized carbons (Fsp3) is 0.923. The molecule has 0 aromatic rings. The van der Waals surface area contributed by atoms with Crippen LogP contribution in [-0.4, -0.2) is 66.6 Å². The lowest BCUT2D eigenvalue weighted by Gasteiger charge is -2.34. The zero-order chi connectivity index (χ0) is 12.9. The van der Waals surface area contributed by atoms with E-state index in [1.54, 1.807) is 0 Å². The Bertz CT molecular complexity index is 240. The molecular formula is C13H26N2O2. The van der Waals surface area contributed by atoms with Crippen molar-refractivity contribution >= 4 is 5.78 Å². The predicted molar refractivity (Wildman–Crippen MR) is 69.0 cm³/mol.